The Hall–Kier alpha value is -3.47. The lowest BCUT2D eigenvalue weighted by Gasteiger charge is -2.13. The van der Waals surface area contributed by atoms with E-state index in [0.29, 0.717) is 11.4 Å². The highest BCUT2D eigenvalue weighted by Gasteiger charge is 2.28. The Balaban J connectivity index is 1.68. The lowest BCUT2D eigenvalue weighted by molar-refractivity contribution is 0.0696. The fourth-order valence-corrected chi connectivity index (χ4v) is 4.15. The number of rotatable bonds is 7. The van der Waals surface area contributed by atoms with Crippen molar-refractivity contribution in [1.29, 1.82) is 0 Å². The first-order valence-corrected chi connectivity index (χ1v) is 10.2. The van der Waals surface area contributed by atoms with Crippen LogP contribution in [-0.2, 0) is 10.0 Å². The van der Waals surface area contributed by atoms with E-state index in [9.17, 15) is 13.2 Å². The number of carbonyl (C=O) groups is 1. The number of ether oxygens (including phenoxy) is 1. The van der Waals surface area contributed by atoms with Gasteiger partial charge in [-0.3, -0.25) is 4.72 Å². The SMILES string of the molecule is COc1ccc(C(=O)O)cc1S(=O)(=O)Nc1cccc(-c2nnnn2C2CC2)c1. The Bertz CT molecular complexity index is 1190. The van der Waals surface area contributed by atoms with Gasteiger partial charge in [0.05, 0.1) is 18.7 Å². The molecule has 2 N–H and O–H groups in total. The van der Waals surface area contributed by atoms with E-state index < -0.39 is 16.0 Å². The van der Waals surface area contributed by atoms with Crippen molar-refractivity contribution in [3.63, 3.8) is 0 Å². The lowest BCUT2D eigenvalue weighted by Crippen LogP contribution is -2.15. The molecule has 4 rings (SSSR count). The average molecular weight is 415 g/mol. The third-order valence-electron chi connectivity index (χ3n) is 4.46. The van der Waals surface area contributed by atoms with Crippen LogP contribution in [0.2, 0.25) is 0 Å². The predicted molar refractivity (Wildman–Crippen MR) is 102 cm³/mol. The second kappa shape index (κ2) is 7.17. The molecule has 0 radical (unpaired) electrons. The molecular formula is C18H17N5O5S. The Morgan fingerprint density at radius 1 is 1.24 bits per heavy atom. The summed E-state index contributed by atoms with van der Waals surface area (Å²) in [5, 5.41) is 20.9. The molecule has 0 unspecified atom stereocenters. The first-order chi connectivity index (χ1) is 13.9. The molecule has 150 valence electrons. The van der Waals surface area contributed by atoms with Crippen molar-refractivity contribution in [2.75, 3.05) is 11.8 Å². The lowest BCUT2D eigenvalue weighted by atomic mass is 10.2. The number of aromatic carboxylic acids is 1. The zero-order valence-corrected chi connectivity index (χ0v) is 16.1. The van der Waals surface area contributed by atoms with E-state index in [2.05, 4.69) is 20.2 Å². The minimum absolute atomic E-state index is 0.0383. The molecule has 1 fully saturated rings. The monoisotopic (exact) mass is 415 g/mol. The van der Waals surface area contributed by atoms with Crippen molar-refractivity contribution < 1.29 is 23.1 Å². The molecule has 0 bridgehead atoms. The molecule has 0 aliphatic heterocycles. The summed E-state index contributed by atoms with van der Waals surface area (Å²) in [6.45, 7) is 0. The maximum Gasteiger partial charge on any atom is 0.335 e. The van der Waals surface area contributed by atoms with E-state index in [0.717, 1.165) is 18.9 Å². The van der Waals surface area contributed by atoms with Crippen molar-refractivity contribution in [2.45, 2.75) is 23.8 Å². The number of methoxy groups -OCH3 is 1. The van der Waals surface area contributed by atoms with Gasteiger partial charge >= 0.3 is 5.97 Å². The molecular weight excluding hydrogens is 398 g/mol. The predicted octanol–water partition coefficient (Wildman–Crippen LogP) is 2.18. The maximum absolute atomic E-state index is 12.9. The molecule has 11 heteroatoms. The first kappa shape index (κ1) is 18.9. The van der Waals surface area contributed by atoms with Crippen LogP contribution in [-0.4, -0.2) is 46.8 Å². The summed E-state index contributed by atoms with van der Waals surface area (Å²) in [7, 11) is -2.80. The normalized spacial score (nSPS) is 13.8. The van der Waals surface area contributed by atoms with E-state index in [1.807, 2.05) is 0 Å². The quantitative estimate of drug-likeness (QED) is 0.599. The molecule has 0 amide bonds. The minimum Gasteiger partial charge on any atom is -0.495 e. The van der Waals surface area contributed by atoms with E-state index in [1.54, 1.807) is 28.9 Å². The molecule has 0 saturated heterocycles. The molecule has 29 heavy (non-hydrogen) atoms. The summed E-state index contributed by atoms with van der Waals surface area (Å²) in [6.07, 6.45) is 2.01. The molecule has 0 atom stereocenters. The second-order valence-electron chi connectivity index (χ2n) is 6.54. The first-order valence-electron chi connectivity index (χ1n) is 8.71. The maximum atomic E-state index is 12.9. The van der Waals surface area contributed by atoms with Crippen LogP contribution in [0, 0.1) is 0 Å². The van der Waals surface area contributed by atoms with Gasteiger partial charge in [0.15, 0.2) is 5.82 Å². The van der Waals surface area contributed by atoms with Crippen LogP contribution in [0.4, 0.5) is 5.69 Å². The molecule has 0 spiro atoms. The van der Waals surface area contributed by atoms with Gasteiger partial charge in [-0.25, -0.2) is 17.9 Å². The number of hydrogen-bond acceptors (Lipinski definition) is 7. The number of hydrogen-bond donors (Lipinski definition) is 2. The molecule has 1 aliphatic rings. The fraction of sp³-hybridized carbons (Fsp3) is 0.222. The number of benzene rings is 2. The van der Waals surface area contributed by atoms with Crippen molar-refractivity contribution in [3.8, 4) is 17.1 Å². The molecule has 2 aromatic carbocycles. The Morgan fingerprint density at radius 3 is 2.72 bits per heavy atom. The average Bonchev–Trinajstić information content (AvgIpc) is 3.43. The summed E-state index contributed by atoms with van der Waals surface area (Å²) in [5.74, 6) is -0.645. The van der Waals surface area contributed by atoms with Gasteiger partial charge in [0.25, 0.3) is 10.0 Å². The van der Waals surface area contributed by atoms with Crippen LogP contribution in [0.15, 0.2) is 47.4 Å². The summed E-state index contributed by atoms with van der Waals surface area (Å²) in [5.41, 5.74) is 0.785. The molecule has 10 nitrogen and oxygen atoms in total. The number of nitrogens with zero attached hydrogens (tertiary/aromatic N) is 4. The standard InChI is InChI=1S/C18H17N5O5S/c1-28-15-8-5-12(18(24)25)10-16(15)29(26,27)20-13-4-2-3-11(9-13)17-19-21-22-23(17)14-6-7-14/h2-5,8-10,14,20H,6-7H2,1H3,(H,24,25). The number of nitrogens with one attached hydrogen (secondary N) is 1. The zero-order chi connectivity index (χ0) is 20.6. The minimum atomic E-state index is -4.11. The van der Waals surface area contributed by atoms with Crippen LogP contribution < -0.4 is 9.46 Å². The molecule has 1 saturated carbocycles. The van der Waals surface area contributed by atoms with Crippen LogP contribution in [0.5, 0.6) is 5.75 Å². The zero-order valence-electron chi connectivity index (χ0n) is 15.3. The van der Waals surface area contributed by atoms with Gasteiger partial charge in [-0.2, -0.15) is 0 Å². The summed E-state index contributed by atoms with van der Waals surface area (Å²) >= 11 is 0. The summed E-state index contributed by atoms with van der Waals surface area (Å²) < 4.78 is 35.1. The third-order valence-corrected chi connectivity index (χ3v) is 5.86. The largest absolute Gasteiger partial charge is 0.495 e. The Kier molecular flexibility index (Phi) is 4.66. The van der Waals surface area contributed by atoms with E-state index in [4.69, 9.17) is 9.84 Å². The topological polar surface area (TPSA) is 136 Å². The van der Waals surface area contributed by atoms with Gasteiger partial charge in [0.1, 0.15) is 10.6 Å². The third kappa shape index (κ3) is 3.76. The Morgan fingerprint density at radius 2 is 2.03 bits per heavy atom. The van der Waals surface area contributed by atoms with Crippen LogP contribution in [0.1, 0.15) is 29.2 Å². The molecule has 3 aromatic rings. The highest BCUT2D eigenvalue weighted by Crippen LogP contribution is 2.37. The number of tetrazole rings is 1. The highest BCUT2D eigenvalue weighted by molar-refractivity contribution is 7.92. The highest BCUT2D eigenvalue weighted by atomic mass is 32.2. The van der Waals surface area contributed by atoms with Gasteiger partial charge in [-0.05, 0) is 53.6 Å². The van der Waals surface area contributed by atoms with Crippen LogP contribution in [0.25, 0.3) is 11.4 Å². The Labute approximate surface area is 166 Å². The van der Waals surface area contributed by atoms with Crippen molar-refractivity contribution in [3.05, 3.63) is 48.0 Å². The van der Waals surface area contributed by atoms with Crippen molar-refractivity contribution in [2.24, 2.45) is 0 Å². The second-order valence-corrected chi connectivity index (χ2v) is 8.19. The van der Waals surface area contributed by atoms with Gasteiger partial charge in [0, 0.05) is 11.3 Å². The number of aromatic nitrogens is 4. The van der Waals surface area contributed by atoms with Gasteiger partial charge in [-0.1, -0.05) is 12.1 Å². The van der Waals surface area contributed by atoms with Crippen LogP contribution >= 0.6 is 0 Å². The van der Waals surface area contributed by atoms with Crippen molar-refractivity contribution >= 4 is 21.7 Å². The summed E-state index contributed by atoms with van der Waals surface area (Å²) in [4.78, 5) is 11.0. The number of sulfonamides is 1. The number of carboxylic acid groups (broad SMARTS) is 1. The molecule has 1 heterocycles. The number of carboxylic acids is 1. The van der Waals surface area contributed by atoms with Gasteiger partial charge in [-0.15, -0.1) is 5.10 Å². The smallest absolute Gasteiger partial charge is 0.335 e. The van der Waals surface area contributed by atoms with E-state index in [1.165, 1.54) is 19.2 Å². The van der Waals surface area contributed by atoms with E-state index >= 15 is 0 Å². The van der Waals surface area contributed by atoms with Gasteiger partial charge < -0.3 is 9.84 Å². The van der Waals surface area contributed by atoms with Gasteiger partial charge in [0.2, 0.25) is 0 Å². The number of anilines is 1. The fourth-order valence-electron chi connectivity index (χ4n) is 2.90. The molecule has 1 aliphatic carbocycles. The van der Waals surface area contributed by atoms with Crippen molar-refractivity contribution in [1.82, 2.24) is 20.2 Å². The summed E-state index contributed by atoms with van der Waals surface area (Å²) in [6, 6.07) is 10.6. The van der Waals surface area contributed by atoms with E-state index in [-0.39, 0.29) is 27.9 Å². The molecule has 1 aromatic heterocycles. The van der Waals surface area contributed by atoms with Crippen LogP contribution in [0.3, 0.4) is 0 Å².